The van der Waals surface area contributed by atoms with Gasteiger partial charge in [0.1, 0.15) is 35.6 Å². The fourth-order valence-corrected chi connectivity index (χ4v) is 6.95. The van der Waals surface area contributed by atoms with Gasteiger partial charge < -0.3 is 49.8 Å². The minimum atomic E-state index is -2.24. The molecular formula is C32H38ClNO12. The van der Waals surface area contributed by atoms with E-state index >= 15 is 0 Å². The molecule has 2 saturated heterocycles. The molecule has 0 amide bonds. The molecule has 13 nitrogen and oxygen atoms in total. The maximum absolute atomic E-state index is 13.8. The van der Waals surface area contributed by atoms with Crippen molar-refractivity contribution in [3.63, 3.8) is 0 Å². The molecule has 0 saturated carbocycles. The van der Waals surface area contributed by atoms with E-state index in [1.54, 1.807) is 6.92 Å². The molecule has 0 spiro atoms. The second-order valence-corrected chi connectivity index (χ2v) is 12.1. The Kier molecular flexibility index (Phi) is 9.79. The Labute approximate surface area is 270 Å². The molecule has 14 heteroatoms. The first-order chi connectivity index (χ1) is 21.5. The van der Waals surface area contributed by atoms with Crippen LogP contribution in [0.3, 0.4) is 0 Å². The van der Waals surface area contributed by atoms with Gasteiger partial charge in [0.25, 0.3) is 0 Å². The molecule has 46 heavy (non-hydrogen) atoms. The Morgan fingerprint density at radius 1 is 1.07 bits per heavy atom. The van der Waals surface area contributed by atoms with Crippen molar-refractivity contribution >= 4 is 29.8 Å². The van der Waals surface area contributed by atoms with E-state index in [9.17, 15) is 34.8 Å². The van der Waals surface area contributed by atoms with Crippen LogP contribution in [-0.4, -0.2) is 94.5 Å². The Bertz CT molecular complexity index is 1530. The summed E-state index contributed by atoms with van der Waals surface area (Å²) >= 11 is 0. The maximum atomic E-state index is 13.8. The van der Waals surface area contributed by atoms with Crippen molar-refractivity contribution < 1.29 is 58.5 Å². The van der Waals surface area contributed by atoms with Crippen LogP contribution in [0.1, 0.15) is 88.1 Å². The Hall–Kier alpha value is -3.14. The molecule has 2 aromatic rings. The van der Waals surface area contributed by atoms with E-state index in [4.69, 9.17) is 29.4 Å². The summed E-state index contributed by atoms with van der Waals surface area (Å²) in [6.07, 6.45) is -2.03. The van der Waals surface area contributed by atoms with Crippen LogP contribution in [0.4, 0.5) is 0 Å². The van der Waals surface area contributed by atoms with Crippen LogP contribution in [0.25, 0.3) is 0 Å². The number of hydrogen-bond donors (Lipinski definition) is 5. The highest BCUT2D eigenvalue weighted by atomic mass is 35.5. The van der Waals surface area contributed by atoms with Crippen molar-refractivity contribution in [3.05, 3.63) is 51.6 Å². The van der Waals surface area contributed by atoms with Gasteiger partial charge in [-0.2, -0.15) is 0 Å². The monoisotopic (exact) mass is 663 g/mol. The van der Waals surface area contributed by atoms with Crippen molar-refractivity contribution in [1.82, 2.24) is 0 Å². The summed E-state index contributed by atoms with van der Waals surface area (Å²) in [5.41, 5.74) is 2.98. The van der Waals surface area contributed by atoms with E-state index in [1.165, 1.54) is 25.3 Å². The smallest absolute Gasteiger partial charge is 0.202 e. The Morgan fingerprint density at radius 2 is 1.80 bits per heavy atom. The van der Waals surface area contributed by atoms with Gasteiger partial charge in [0.15, 0.2) is 24.1 Å². The van der Waals surface area contributed by atoms with Crippen LogP contribution in [-0.2, 0) is 30.2 Å². The molecule has 6 rings (SSSR count). The summed E-state index contributed by atoms with van der Waals surface area (Å²) in [7, 11) is 1.34. The highest BCUT2D eigenvalue weighted by molar-refractivity contribution is 6.31. The van der Waals surface area contributed by atoms with Gasteiger partial charge >= 0.3 is 0 Å². The van der Waals surface area contributed by atoms with Crippen LogP contribution in [0.15, 0.2) is 18.2 Å². The summed E-state index contributed by atoms with van der Waals surface area (Å²) in [6.45, 7) is 1.35. The lowest BCUT2D eigenvalue weighted by Crippen LogP contribution is -2.55. The third-order valence-electron chi connectivity index (χ3n) is 9.22. The summed E-state index contributed by atoms with van der Waals surface area (Å²) < 4.78 is 29.5. The molecule has 6 N–H and O–H groups in total. The summed E-state index contributed by atoms with van der Waals surface area (Å²) in [5, 5.41) is 44.2. The largest absolute Gasteiger partial charge is 0.507 e. The first-order valence-corrected chi connectivity index (χ1v) is 15.1. The zero-order chi connectivity index (χ0) is 32.2. The number of Topliss-reactive ketones (excluding diaryl/α,β-unsaturated/α-hetero) is 1. The Morgan fingerprint density at radius 3 is 2.46 bits per heavy atom. The number of carbonyl (C=O) groups is 3. The first-order valence-electron chi connectivity index (χ1n) is 15.1. The Balaban J connectivity index is 0.00000417. The normalized spacial score (nSPS) is 30.5. The lowest BCUT2D eigenvalue weighted by molar-refractivity contribution is -0.281. The number of carbonyl (C=O) groups excluding carboxylic acids is 3. The molecule has 2 aliphatic heterocycles. The minimum absolute atomic E-state index is 0. The topological polar surface area (TPSA) is 204 Å². The maximum Gasteiger partial charge on any atom is 0.202 e. The number of fused-ring (bicyclic) bond motifs is 3. The molecule has 0 radical (unpaired) electrons. The fraction of sp³-hybridized carbons (Fsp3) is 0.531. The van der Waals surface area contributed by atoms with E-state index < -0.39 is 102 Å². The highest BCUT2D eigenvalue weighted by Gasteiger charge is 2.50. The number of nitrogens with two attached hydrogens (primary N) is 1. The van der Waals surface area contributed by atoms with Gasteiger partial charge in [0, 0.05) is 48.6 Å². The van der Waals surface area contributed by atoms with Crippen LogP contribution < -0.4 is 10.5 Å². The van der Waals surface area contributed by atoms with Gasteiger partial charge in [0.2, 0.25) is 5.78 Å². The second-order valence-electron chi connectivity index (χ2n) is 12.1. The van der Waals surface area contributed by atoms with Crippen molar-refractivity contribution in [2.24, 2.45) is 5.73 Å². The van der Waals surface area contributed by atoms with Gasteiger partial charge in [-0.05, 0) is 32.3 Å². The van der Waals surface area contributed by atoms with Gasteiger partial charge in [0.05, 0.1) is 36.0 Å². The number of phenolic OH excluding ortho intramolecular Hbond substituents is 2. The van der Waals surface area contributed by atoms with Crippen molar-refractivity contribution in [2.45, 2.75) is 88.0 Å². The van der Waals surface area contributed by atoms with Gasteiger partial charge in [-0.1, -0.05) is 12.1 Å². The minimum Gasteiger partial charge on any atom is -0.507 e. The predicted molar refractivity (Wildman–Crippen MR) is 161 cm³/mol. The molecule has 4 aliphatic rings. The molecule has 2 aromatic carbocycles. The van der Waals surface area contributed by atoms with Crippen LogP contribution in [0.5, 0.6) is 17.2 Å². The SMILES string of the molecule is COc1cccc2c1C(=O)c1c(O)c3c(c(O)c1C2=O)C[C@@](O)(C(=O)CO)CC3O[C@H]1C[C@H](N)[C@H](O[C@@H]2CCCCO2)[C@H](C)O1.Cl. The number of benzene rings is 2. The summed E-state index contributed by atoms with van der Waals surface area (Å²) in [4.78, 5) is 40.2. The average molecular weight is 664 g/mol. The second kappa shape index (κ2) is 13.2. The van der Waals surface area contributed by atoms with Crippen molar-refractivity contribution in [3.8, 4) is 17.2 Å². The summed E-state index contributed by atoms with van der Waals surface area (Å²) in [6, 6.07) is 3.86. The fourth-order valence-electron chi connectivity index (χ4n) is 6.95. The van der Waals surface area contributed by atoms with Gasteiger partial charge in [-0.3, -0.25) is 14.4 Å². The zero-order valence-corrected chi connectivity index (χ0v) is 26.2. The molecule has 2 heterocycles. The molecule has 0 aromatic heterocycles. The molecule has 250 valence electrons. The third-order valence-corrected chi connectivity index (χ3v) is 9.22. The number of ketones is 3. The van der Waals surface area contributed by atoms with Gasteiger partial charge in [-0.25, -0.2) is 0 Å². The number of rotatable bonds is 7. The number of aliphatic hydroxyl groups is 2. The molecule has 7 atom stereocenters. The lowest BCUT2D eigenvalue weighted by atomic mass is 9.72. The van der Waals surface area contributed by atoms with Crippen LogP contribution in [0.2, 0.25) is 0 Å². The lowest BCUT2D eigenvalue weighted by Gasteiger charge is -2.43. The number of hydrogen-bond acceptors (Lipinski definition) is 13. The highest BCUT2D eigenvalue weighted by Crippen LogP contribution is 2.52. The first kappa shape index (κ1) is 34.2. The quantitative estimate of drug-likeness (QED) is 0.230. The van der Waals surface area contributed by atoms with E-state index in [0.717, 1.165) is 19.3 Å². The van der Waals surface area contributed by atoms with Crippen molar-refractivity contribution in [1.29, 1.82) is 0 Å². The zero-order valence-electron chi connectivity index (χ0n) is 25.4. The molecule has 2 aliphatic carbocycles. The van der Waals surface area contributed by atoms with Crippen molar-refractivity contribution in [2.75, 3.05) is 20.3 Å². The predicted octanol–water partition coefficient (Wildman–Crippen LogP) is 1.97. The van der Waals surface area contributed by atoms with Crippen LogP contribution >= 0.6 is 12.4 Å². The molecule has 0 bridgehead atoms. The average Bonchev–Trinajstić information content (AvgIpc) is 3.02. The number of ether oxygens (including phenoxy) is 5. The van der Waals surface area contributed by atoms with E-state index in [0.29, 0.717) is 6.61 Å². The number of aromatic hydroxyl groups is 2. The van der Waals surface area contributed by atoms with Crippen LogP contribution in [0, 0.1) is 0 Å². The summed E-state index contributed by atoms with van der Waals surface area (Å²) in [5.74, 6) is -3.67. The van der Waals surface area contributed by atoms with Gasteiger partial charge in [-0.15, -0.1) is 12.4 Å². The molecular weight excluding hydrogens is 626 g/mol. The number of halogens is 1. The number of phenols is 2. The third kappa shape index (κ3) is 5.69. The van der Waals surface area contributed by atoms with E-state index in [2.05, 4.69) is 0 Å². The standard InChI is InChI=1S/C32H37NO12.ClH/c1-14-31(45-21-8-3-4-9-42-21)17(33)10-22(43-14)44-19-12-32(40,20(35)13-34)11-16-24(19)30(39)26-25(28(16)37)27(36)15-6-5-7-18(41-2)23(15)29(26)38;/h5-7,14,17,19,21-22,31,34,37,39-40H,3-4,8-13,33H2,1-2H3;1H/t14-,17-,19?,21+,22-,31+,32-;/m0./s1. The number of methoxy groups -OCH3 is 1. The van der Waals surface area contributed by atoms with E-state index in [1.807, 2.05) is 0 Å². The number of aliphatic hydroxyl groups excluding tert-OH is 1. The van der Waals surface area contributed by atoms with E-state index in [-0.39, 0.29) is 46.8 Å². The molecule has 2 fully saturated rings. The molecule has 1 unspecified atom stereocenters.